The second-order valence-electron chi connectivity index (χ2n) is 8.60. The van der Waals surface area contributed by atoms with Crippen LogP contribution in [0.15, 0.2) is 18.5 Å². The first-order valence-electron chi connectivity index (χ1n) is 9.62. The van der Waals surface area contributed by atoms with E-state index in [4.69, 9.17) is 5.73 Å². The molecule has 3 aromatic heterocycles. The van der Waals surface area contributed by atoms with Crippen molar-refractivity contribution in [1.82, 2.24) is 20.2 Å². The lowest BCUT2D eigenvalue weighted by Gasteiger charge is -2.58. The highest BCUT2D eigenvalue weighted by atomic mass is 32.1. The number of aliphatic hydroxyl groups is 1. The number of nitrogens with one attached hydrogen (secondary N) is 2. The molecule has 0 spiro atoms. The molecule has 27 heavy (non-hydrogen) atoms. The number of pyridine rings is 1. The van der Waals surface area contributed by atoms with Crippen molar-refractivity contribution in [2.24, 2.45) is 17.8 Å². The molecular weight excluding hydrogens is 360 g/mol. The van der Waals surface area contributed by atoms with Crippen LogP contribution in [-0.2, 0) is 0 Å². The summed E-state index contributed by atoms with van der Waals surface area (Å²) in [6.45, 7) is 0. The van der Waals surface area contributed by atoms with Crippen LogP contribution in [0.4, 0.5) is 10.8 Å². The highest BCUT2D eigenvalue weighted by Gasteiger charge is 2.54. The molecule has 5 atom stereocenters. The van der Waals surface area contributed by atoms with Gasteiger partial charge in [0.15, 0.2) is 5.01 Å². The van der Waals surface area contributed by atoms with Crippen LogP contribution in [0.1, 0.15) is 32.1 Å². The molecule has 4 aliphatic rings. The van der Waals surface area contributed by atoms with E-state index in [0.29, 0.717) is 28.9 Å². The average Bonchev–Trinajstić information content (AvgIpc) is 3.25. The lowest BCUT2D eigenvalue weighted by Crippen LogP contribution is -2.59. The van der Waals surface area contributed by atoms with Gasteiger partial charge in [0.05, 0.1) is 16.9 Å². The summed E-state index contributed by atoms with van der Waals surface area (Å²) in [5.74, 6) is 1.74. The number of aromatic nitrogens is 4. The second kappa shape index (κ2) is 5.42. The summed E-state index contributed by atoms with van der Waals surface area (Å²) in [4.78, 5) is 7.75. The van der Waals surface area contributed by atoms with Crippen molar-refractivity contribution in [3.8, 4) is 10.6 Å². The number of hydrogen-bond acceptors (Lipinski definition) is 7. The fourth-order valence-corrected chi connectivity index (χ4v) is 6.68. The number of aromatic amines is 1. The van der Waals surface area contributed by atoms with E-state index in [1.54, 1.807) is 0 Å². The van der Waals surface area contributed by atoms with E-state index in [1.165, 1.54) is 24.2 Å². The molecule has 4 aliphatic carbocycles. The molecule has 0 saturated heterocycles. The summed E-state index contributed by atoms with van der Waals surface area (Å²) in [5, 5.41) is 25.3. The Morgan fingerprint density at radius 1 is 1.22 bits per heavy atom. The Balaban J connectivity index is 1.43. The van der Waals surface area contributed by atoms with Crippen LogP contribution in [0.25, 0.3) is 21.6 Å². The number of fused-ring (bicyclic) bond motifs is 1. The minimum atomic E-state index is -0.424. The molecule has 0 amide bonds. The first-order valence-corrected chi connectivity index (χ1v) is 10.4. The maximum atomic E-state index is 10.9. The Bertz CT molecular complexity index is 1010. The van der Waals surface area contributed by atoms with Gasteiger partial charge in [-0.05, 0) is 55.9 Å². The van der Waals surface area contributed by atoms with Crippen LogP contribution in [0.3, 0.4) is 0 Å². The number of nitrogens with zero attached hydrogens (tertiary/aromatic N) is 3. The summed E-state index contributed by atoms with van der Waals surface area (Å²) in [5.41, 5.74) is 8.27. The summed E-state index contributed by atoms with van der Waals surface area (Å²) >= 11 is 1.38. The van der Waals surface area contributed by atoms with Crippen LogP contribution in [0.2, 0.25) is 0 Å². The van der Waals surface area contributed by atoms with Gasteiger partial charge < -0.3 is 21.1 Å². The van der Waals surface area contributed by atoms with E-state index < -0.39 is 5.60 Å². The number of hydrogen-bond donors (Lipinski definition) is 4. The zero-order valence-corrected chi connectivity index (χ0v) is 15.7. The molecular formula is C19H22N6OS. The monoisotopic (exact) mass is 382 g/mol. The molecule has 3 aromatic rings. The Morgan fingerprint density at radius 2 is 2.04 bits per heavy atom. The number of H-pyrrole nitrogens is 1. The molecule has 3 unspecified atom stereocenters. The van der Waals surface area contributed by atoms with Crippen LogP contribution in [0.5, 0.6) is 0 Å². The first-order chi connectivity index (χ1) is 13.1. The van der Waals surface area contributed by atoms with Gasteiger partial charge in [-0.2, -0.15) is 0 Å². The van der Waals surface area contributed by atoms with Crippen LogP contribution in [-0.4, -0.2) is 36.9 Å². The van der Waals surface area contributed by atoms with E-state index in [2.05, 4.69) is 31.5 Å². The van der Waals surface area contributed by atoms with Crippen molar-refractivity contribution in [1.29, 1.82) is 0 Å². The van der Waals surface area contributed by atoms with Crippen LogP contribution >= 0.6 is 11.3 Å². The van der Waals surface area contributed by atoms with Gasteiger partial charge in [-0.25, -0.2) is 4.98 Å². The SMILES string of the molecule is Nc1nnc(-c2cnc3[nH]ccc3c2NC2[C@@H]3CC4C[C@H]2CC(O)(C4)C3)s1. The maximum Gasteiger partial charge on any atom is 0.203 e. The van der Waals surface area contributed by atoms with Crippen LogP contribution < -0.4 is 11.1 Å². The smallest absolute Gasteiger partial charge is 0.203 e. The average molecular weight is 382 g/mol. The lowest BCUT2D eigenvalue weighted by molar-refractivity contribution is -0.129. The summed E-state index contributed by atoms with van der Waals surface area (Å²) in [6.07, 6.45) is 9.04. The molecule has 8 heteroatoms. The predicted octanol–water partition coefficient (Wildman–Crippen LogP) is 3.02. The fraction of sp³-hybridized carbons (Fsp3) is 0.526. The Labute approximate surface area is 160 Å². The van der Waals surface area contributed by atoms with Crippen LogP contribution in [0, 0.1) is 17.8 Å². The van der Waals surface area contributed by atoms with E-state index in [9.17, 15) is 5.11 Å². The zero-order valence-electron chi connectivity index (χ0n) is 14.9. The van der Waals surface area contributed by atoms with Gasteiger partial charge in [0.1, 0.15) is 5.65 Å². The van der Waals surface area contributed by atoms with Gasteiger partial charge in [0.2, 0.25) is 5.13 Å². The zero-order chi connectivity index (χ0) is 18.2. The van der Waals surface area contributed by atoms with Gasteiger partial charge in [-0.1, -0.05) is 11.3 Å². The molecule has 7 nitrogen and oxygen atoms in total. The Kier molecular flexibility index (Phi) is 3.18. The maximum absolute atomic E-state index is 10.9. The summed E-state index contributed by atoms with van der Waals surface area (Å²) < 4.78 is 0. The third-order valence-corrected chi connectivity index (χ3v) is 7.60. The molecule has 140 valence electrons. The van der Waals surface area contributed by atoms with Gasteiger partial charge >= 0.3 is 0 Å². The number of nitrogens with two attached hydrogens (primary N) is 1. The Hall–Kier alpha value is -2.19. The van der Waals surface area contributed by atoms with E-state index >= 15 is 0 Å². The highest BCUT2D eigenvalue weighted by molar-refractivity contribution is 7.18. The van der Waals surface area contributed by atoms with E-state index in [1.807, 2.05) is 12.4 Å². The predicted molar refractivity (Wildman–Crippen MR) is 105 cm³/mol. The standard InChI is InChI=1S/C19H22N6OS/c20-18-25-24-17(27-18)13-8-22-16-12(1-2-21-16)15(13)23-14-10-3-9-4-11(14)7-19(26,5-9)6-10/h1-2,8-11,14,26H,3-7H2,(H2,20,25)(H2,21,22,23)/t9?,10-,11+,14?,19?. The summed E-state index contributed by atoms with van der Waals surface area (Å²) in [7, 11) is 0. The van der Waals surface area contributed by atoms with Crippen molar-refractivity contribution < 1.29 is 5.11 Å². The second-order valence-corrected chi connectivity index (χ2v) is 9.61. The summed E-state index contributed by atoms with van der Waals surface area (Å²) in [6, 6.07) is 2.44. The molecule has 0 aromatic carbocycles. The van der Waals surface area contributed by atoms with Crippen molar-refractivity contribution in [2.45, 2.75) is 43.7 Å². The number of nitrogen functional groups attached to an aromatic ring is 1. The fourth-order valence-electron chi connectivity index (χ4n) is 6.05. The number of anilines is 2. The molecule has 0 radical (unpaired) electrons. The largest absolute Gasteiger partial charge is 0.390 e. The molecule has 4 bridgehead atoms. The normalized spacial score (nSPS) is 34.4. The van der Waals surface area contributed by atoms with Crippen molar-refractivity contribution in [3.05, 3.63) is 18.5 Å². The molecule has 4 saturated carbocycles. The minimum absolute atomic E-state index is 0.381. The van der Waals surface area contributed by atoms with Gasteiger partial charge in [-0.3, -0.25) is 0 Å². The molecule has 7 rings (SSSR count). The van der Waals surface area contributed by atoms with Crippen molar-refractivity contribution >= 4 is 33.2 Å². The van der Waals surface area contributed by atoms with Gasteiger partial charge in [-0.15, -0.1) is 10.2 Å². The van der Waals surface area contributed by atoms with Crippen molar-refractivity contribution in [3.63, 3.8) is 0 Å². The highest BCUT2D eigenvalue weighted by Crippen LogP contribution is 2.56. The minimum Gasteiger partial charge on any atom is -0.390 e. The molecule has 0 aliphatic heterocycles. The van der Waals surface area contributed by atoms with E-state index in [-0.39, 0.29) is 0 Å². The third kappa shape index (κ3) is 2.39. The molecule has 5 N–H and O–H groups in total. The van der Waals surface area contributed by atoms with Crippen molar-refractivity contribution in [2.75, 3.05) is 11.1 Å². The lowest BCUT2D eigenvalue weighted by atomic mass is 9.52. The van der Waals surface area contributed by atoms with Gasteiger partial charge in [0.25, 0.3) is 0 Å². The third-order valence-electron chi connectivity index (χ3n) is 6.81. The first kappa shape index (κ1) is 15.8. The van der Waals surface area contributed by atoms with E-state index in [0.717, 1.165) is 46.6 Å². The Morgan fingerprint density at radius 3 is 2.74 bits per heavy atom. The quantitative estimate of drug-likeness (QED) is 0.554. The number of rotatable bonds is 3. The van der Waals surface area contributed by atoms with Gasteiger partial charge in [0, 0.05) is 23.8 Å². The molecule has 4 fully saturated rings. The topological polar surface area (TPSA) is 113 Å². The molecule has 3 heterocycles.